The molecule has 1 aliphatic rings. The summed E-state index contributed by atoms with van der Waals surface area (Å²) in [5, 5.41) is 0. The zero-order valence-corrected chi connectivity index (χ0v) is 10.2. The first-order valence-corrected chi connectivity index (χ1v) is 5.08. The van der Waals surface area contributed by atoms with Crippen LogP contribution in [0, 0.1) is 5.41 Å². The lowest BCUT2D eigenvalue weighted by molar-refractivity contribution is -0.171. The first-order chi connectivity index (χ1) is 7.92. The molecule has 1 unspecified atom stereocenters. The van der Waals surface area contributed by atoms with Crippen molar-refractivity contribution in [3.05, 3.63) is 12.2 Å². The van der Waals surface area contributed by atoms with Crippen LogP contribution >= 0.6 is 0 Å². The molecule has 0 bridgehead atoms. The fraction of sp³-hybridized carbons (Fsp3) is 0.636. The maximum absolute atomic E-state index is 12.3. The van der Waals surface area contributed by atoms with Crippen molar-refractivity contribution in [1.29, 1.82) is 0 Å². The van der Waals surface area contributed by atoms with Crippen molar-refractivity contribution in [2.24, 2.45) is 5.41 Å². The standard InChI is InChI=1S/C11H13F3O4/c1-6(11(12,13)14)7(15)18-10(4)5-17-8(16)9(10,2)3/h1,5H2,2-4H3. The zero-order chi connectivity index (χ0) is 14.4. The molecule has 0 aromatic heterocycles. The van der Waals surface area contributed by atoms with Crippen LogP contribution in [0.2, 0.25) is 0 Å². The van der Waals surface area contributed by atoms with Gasteiger partial charge in [-0.05, 0) is 20.8 Å². The number of esters is 2. The highest BCUT2D eigenvalue weighted by atomic mass is 19.4. The molecule has 1 saturated heterocycles. The molecule has 0 aliphatic carbocycles. The Labute approximate surface area is 102 Å². The molecule has 1 heterocycles. The van der Waals surface area contributed by atoms with Gasteiger partial charge >= 0.3 is 18.1 Å². The van der Waals surface area contributed by atoms with Gasteiger partial charge in [-0.3, -0.25) is 4.79 Å². The number of ether oxygens (including phenoxy) is 2. The van der Waals surface area contributed by atoms with Gasteiger partial charge in [0.05, 0.1) is 0 Å². The molecule has 0 spiro atoms. The Bertz CT molecular complexity index is 411. The van der Waals surface area contributed by atoms with Gasteiger partial charge in [0.15, 0.2) is 5.60 Å². The van der Waals surface area contributed by atoms with Gasteiger partial charge in [0.2, 0.25) is 0 Å². The number of alkyl halides is 3. The van der Waals surface area contributed by atoms with Crippen LogP contribution in [0.3, 0.4) is 0 Å². The molecule has 1 aliphatic heterocycles. The van der Waals surface area contributed by atoms with E-state index in [4.69, 9.17) is 9.47 Å². The molecule has 102 valence electrons. The molecular weight excluding hydrogens is 253 g/mol. The Morgan fingerprint density at radius 2 is 1.89 bits per heavy atom. The van der Waals surface area contributed by atoms with Crippen LogP contribution < -0.4 is 0 Å². The Hall–Kier alpha value is -1.53. The van der Waals surface area contributed by atoms with Gasteiger partial charge in [-0.1, -0.05) is 6.58 Å². The summed E-state index contributed by atoms with van der Waals surface area (Å²) in [6.45, 7) is 6.58. The third-order valence-corrected chi connectivity index (χ3v) is 3.22. The predicted molar refractivity (Wildman–Crippen MR) is 54.4 cm³/mol. The molecule has 0 aromatic rings. The zero-order valence-electron chi connectivity index (χ0n) is 10.2. The minimum absolute atomic E-state index is 0.282. The molecule has 1 atom stereocenters. The second kappa shape index (κ2) is 4.00. The van der Waals surface area contributed by atoms with Gasteiger partial charge in [-0.15, -0.1) is 0 Å². The second-order valence-electron chi connectivity index (χ2n) is 4.80. The average Bonchev–Trinajstić information content (AvgIpc) is 2.40. The van der Waals surface area contributed by atoms with E-state index in [9.17, 15) is 22.8 Å². The van der Waals surface area contributed by atoms with Gasteiger partial charge in [0.1, 0.15) is 17.6 Å². The Morgan fingerprint density at radius 1 is 1.39 bits per heavy atom. The summed E-state index contributed by atoms with van der Waals surface area (Å²) >= 11 is 0. The number of hydrogen-bond donors (Lipinski definition) is 0. The van der Waals surface area contributed by atoms with Crippen LogP contribution in [0.25, 0.3) is 0 Å². The van der Waals surface area contributed by atoms with Crippen molar-refractivity contribution in [2.75, 3.05) is 6.61 Å². The fourth-order valence-electron chi connectivity index (χ4n) is 1.32. The van der Waals surface area contributed by atoms with E-state index in [-0.39, 0.29) is 6.61 Å². The van der Waals surface area contributed by atoms with Crippen LogP contribution in [-0.2, 0) is 19.1 Å². The summed E-state index contributed by atoms with van der Waals surface area (Å²) in [5.41, 5.74) is -4.27. The second-order valence-corrected chi connectivity index (χ2v) is 4.80. The lowest BCUT2D eigenvalue weighted by atomic mass is 9.78. The first-order valence-electron chi connectivity index (χ1n) is 5.08. The van der Waals surface area contributed by atoms with E-state index in [1.165, 1.54) is 20.8 Å². The van der Waals surface area contributed by atoms with E-state index in [1.54, 1.807) is 0 Å². The first kappa shape index (κ1) is 14.5. The van der Waals surface area contributed by atoms with E-state index >= 15 is 0 Å². The Balaban J connectivity index is 2.89. The van der Waals surface area contributed by atoms with E-state index < -0.39 is 34.7 Å². The highest BCUT2D eigenvalue weighted by molar-refractivity contribution is 5.90. The average molecular weight is 266 g/mol. The van der Waals surface area contributed by atoms with Crippen LogP contribution in [-0.4, -0.2) is 30.3 Å². The van der Waals surface area contributed by atoms with Crippen molar-refractivity contribution < 1.29 is 32.2 Å². The van der Waals surface area contributed by atoms with Crippen molar-refractivity contribution in [3.8, 4) is 0 Å². The van der Waals surface area contributed by atoms with Crippen LogP contribution in [0.5, 0.6) is 0 Å². The van der Waals surface area contributed by atoms with Gasteiger partial charge in [0.25, 0.3) is 0 Å². The highest BCUT2D eigenvalue weighted by Gasteiger charge is 2.57. The van der Waals surface area contributed by atoms with Gasteiger partial charge in [-0.2, -0.15) is 13.2 Å². The molecule has 18 heavy (non-hydrogen) atoms. The summed E-state index contributed by atoms with van der Waals surface area (Å²) in [4.78, 5) is 22.7. The monoisotopic (exact) mass is 266 g/mol. The summed E-state index contributed by atoms with van der Waals surface area (Å²) in [7, 11) is 0. The van der Waals surface area contributed by atoms with Crippen molar-refractivity contribution in [2.45, 2.75) is 32.5 Å². The quantitative estimate of drug-likeness (QED) is 0.566. The molecule has 0 saturated carbocycles. The highest BCUT2D eigenvalue weighted by Crippen LogP contribution is 2.42. The molecule has 0 radical (unpaired) electrons. The predicted octanol–water partition coefficient (Wildman–Crippen LogP) is 1.99. The number of carbonyl (C=O) groups is 2. The lowest BCUT2D eigenvalue weighted by Gasteiger charge is -2.32. The Morgan fingerprint density at radius 3 is 2.22 bits per heavy atom. The largest absolute Gasteiger partial charge is 0.461 e. The fourth-order valence-corrected chi connectivity index (χ4v) is 1.32. The van der Waals surface area contributed by atoms with Gasteiger partial charge < -0.3 is 9.47 Å². The Kier molecular flexibility index (Phi) is 3.23. The molecule has 0 aromatic carbocycles. The van der Waals surface area contributed by atoms with E-state index in [2.05, 4.69) is 6.58 Å². The molecule has 4 nitrogen and oxygen atoms in total. The van der Waals surface area contributed by atoms with Gasteiger partial charge in [-0.25, -0.2) is 4.79 Å². The molecule has 0 amide bonds. The van der Waals surface area contributed by atoms with Crippen molar-refractivity contribution >= 4 is 11.9 Å². The number of carbonyl (C=O) groups excluding carboxylic acids is 2. The smallest absolute Gasteiger partial charge is 0.422 e. The number of halogens is 3. The van der Waals surface area contributed by atoms with E-state index in [0.717, 1.165) is 0 Å². The number of cyclic esters (lactones) is 1. The minimum atomic E-state index is -4.86. The molecule has 1 rings (SSSR count). The van der Waals surface area contributed by atoms with Crippen LogP contribution in [0.15, 0.2) is 12.2 Å². The minimum Gasteiger partial charge on any atom is -0.461 e. The lowest BCUT2D eigenvalue weighted by Crippen LogP contribution is -2.47. The summed E-state index contributed by atoms with van der Waals surface area (Å²) in [5.74, 6) is -2.23. The molecule has 7 heteroatoms. The number of rotatable bonds is 2. The third kappa shape index (κ3) is 2.21. The van der Waals surface area contributed by atoms with E-state index in [1.807, 2.05) is 0 Å². The van der Waals surface area contributed by atoms with Crippen LogP contribution in [0.4, 0.5) is 13.2 Å². The summed E-state index contributed by atoms with van der Waals surface area (Å²) < 4.78 is 46.3. The SMILES string of the molecule is C=C(C(=O)OC1(C)COC(=O)C1(C)C)C(F)(F)F. The topological polar surface area (TPSA) is 52.6 Å². The molecule has 0 N–H and O–H groups in total. The summed E-state index contributed by atoms with van der Waals surface area (Å²) in [6.07, 6.45) is -4.86. The third-order valence-electron chi connectivity index (χ3n) is 3.22. The normalized spacial score (nSPS) is 26.7. The molecular formula is C11H13F3O4. The maximum Gasteiger partial charge on any atom is 0.422 e. The van der Waals surface area contributed by atoms with Crippen LogP contribution in [0.1, 0.15) is 20.8 Å². The van der Waals surface area contributed by atoms with Crippen molar-refractivity contribution in [3.63, 3.8) is 0 Å². The summed E-state index contributed by atoms with van der Waals surface area (Å²) in [6, 6.07) is 0. The molecule has 1 fully saturated rings. The van der Waals surface area contributed by atoms with Crippen molar-refractivity contribution in [1.82, 2.24) is 0 Å². The number of hydrogen-bond acceptors (Lipinski definition) is 4. The van der Waals surface area contributed by atoms with Gasteiger partial charge in [0, 0.05) is 0 Å². The maximum atomic E-state index is 12.3. The van der Waals surface area contributed by atoms with E-state index in [0.29, 0.717) is 0 Å².